The normalized spacial score (nSPS) is 27.5. The summed E-state index contributed by atoms with van der Waals surface area (Å²) in [7, 11) is 1.73. The van der Waals surface area contributed by atoms with Crippen molar-refractivity contribution in [1.29, 1.82) is 0 Å². The van der Waals surface area contributed by atoms with Gasteiger partial charge in [0.25, 0.3) is 0 Å². The van der Waals surface area contributed by atoms with E-state index in [0.717, 1.165) is 17.4 Å². The van der Waals surface area contributed by atoms with Gasteiger partial charge in [-0.1, -0.05) is 102 Å². The smallest absolute Gasteiger partial charge is 0.324 e. The van der Waals surface area contributed by atoms with Crippen LogP contribution in [-0.2, 0) is 19.7 Å². The molecule has 0 aromatic heterocycles. The molecule has 4 aromatic carbocycles. The van der Waals surface area contributed by atoms with Gasteiger partial charge < -0.3 is 14.8 Å². The molecule has 0 radical (unpaired) electrons. The maximum atomic E-state index is 14.9. The summed E-state index contributed by atoms with van der Waals surface area (Å²) in [6.45, 7) is -1.80. The van der Waals surface area contributed by atoms with Gasteiger partial charge in [0.2, 0.25) is 0 Å². The Morgan fingerprint density at radius 1 is 0.830 bits per heavy atom. The lowest BCUT2D eigenvalue weighted by Gasteiger charge is -2.64. The Balaban J connectivity index is 1.59. The molecule has 2 saturated heterocycles. The van der Waals surface area contributed by atoms with Crippen molar-refractivity contribution in [1.82, 2.24) is 4.90 Å². The van der Waals surface area contributed by atoms with E-state index >= 15 is 0 Å². The third-order valence-electron chi connectivity index (χ3n) is 10.7. The molecule has 7 rings (SSSR count). The second-order valence-electron chi connectivity index (χ2n) is 13.1. The predicted octanol–water partition coefficient (Wildman–Crippen LogP) is 8.44. The van der Waals surface area contributed by atoms with Crippen LogP contribution < -0.4 is 5.32 Å². The largest absolute Gasteiger partial charge is 0.454 e. The number of ether oxygens (including phenoxy) is 1. The van der Waals surface area contributed by atoms with Crippen LogP contribution in [0.5, 0.6) is 0 Å². The predicted molar refractivity (Wildman–Crippen MR) is 179 cm³/mol. The zero-order valence-corrected chi connectivity index (χ0v) is 27.2. The number of alkyl halides is 2. The van der Waals surface area contributed by atoms with Gasteiger partial charge in [-0.25, -0.2) is 0 Å². The molecule has 4 aromatic rings. The molecule has 1 spiro atoms. The average Bonchev–Trinajstić information content (AvgIpc) is 3.35. The molecule has 0 amide bonds. The van der Waals surface area contributed by atoms with Gasteiger partial charge >= 0.3 is 5.97 Å². The second kappa shape index (κ2) is 12.0. The number of benzene rings is 4. The molecule has 0 unspecified atom stereocenters. The Morgan fingerprint density at radius 3 is 2.04 bits per heavy atom. The number of morpholine rings is 1. The van der Waals surface area contributed by atoms with E-state index in [1.54, 1.807) is 43.4 Å². The Morgan fingerprint density at radius 2 is 1.45 bits per heavy atom. The fourth-order valence-corrected chi connectivity index (χ4v) is 9.31. The number of carbonyl (C=O) groups excluding carboxylic acids is 2. The van der Waals surface area contributed by atoms with E-state index in [1.807, 2.05) is 66.7 Å². The first kappa shape index (κ1) is 31.8. The number of aldehydes is 1. The third-order valence-corrected chi connectivity index (χ3v) is 11.2. The second-order valence-corrected chi connectivity index (χ2v) is 14.0. The number of carbonyl (C=O) groups is 2. The summed E-state index contributed by atoms with van der Waals surface area (Å²) >= 11 is 13.1. The van der Waals surface area contributed by atoms with E-state index in [9.17, 15) is 18.4 Å². The van der Waals surface area contributed by atoms with E-state index in [2.05, 4.69) is 10.2 Å². The van der Waals surface area contributed by atoms with Gasteiger partial charge in [-0.05, 0) is 59.4 Å². The zero-order valence-electron chi connectivity index (χ0n) is 25.7. The van der Waals surface area contributed by atoms with Gasteiger partial charge in [0.05, 0.1) is 24.8 Å². The van der Waals surface area contributed by atoms with Crippen LogP contribution in [0, 0.1) is 5.41 Å². The number of esters is 1. The highest BCUT2D eigenvalue weighted by molar-refractivity contribution is 6.31. The molecule has 2 heterocycles. The average molecular weight is 676 g/mol. The highest BCUT2D eigenvalue weighted by Gasteiger charge is 2.79. The Bertz CT molecular complexity index is 1800. The summed E-state index contributed by atoms with van der Waals surface area (Å²) in [6, 6.07) is 29.9. The van der Waals surface area contributed by atoms with Crippen LogP contribution in [0.2, 0.25) is 10.0 Å². The minimum atomic E-state index is -1.49. The number of nitrogens with one attached hydrogen (secondary N) is 1. The topological polar surface area (TPSA) is 58.6 Å². The lowest BCUT2D eigenvalue weighted by molar-refractivity contribution is -0.200. The fraction of sp³-hybridized carbons (Fsp3) is 0.316. The number of rotatable bonds is 8. The molecular weight excluding hydrogens is 641 g/mol. The van der Waals surface area contributed by atoms with Crippen molar-refractivity contribution >= 4 is 41.1 Å². The SMILES string of the molecule is CNc1cc(Cl)ccc1[C@@]1(C=O)[C@@H](c2cccc(Cl)c2)[C@@H]2C(=O)O[C@@H](c3ccccc3)[C@@H](c3ccccc3)N2C12CC(CF)(CF)C2. The van der Waals surface area contributed by atoms with Crippen LogP contribution in [0.3, 0.4) is 0 Å². The van der Waals surface area contributed by atoms with Gasteiger partial charge in [0, 0.05) is 39.7 Å². The quantitative estimate of drug-likeness (QED) is 0.150. The maximum absolute atomic E-state index is 14.9. The third kappa shape index (κ3) is 4.65. The van der Waals surface area contributed by atoms with Gasteiger partial charge in [-0.15, -0.1) is 0 Å². The van der Waals surface area contributed by atoms with Crippen LogP contribution >= 0.6 is 23.2 Å². The van der Waals surface area contributed by atoms with E-state index in [-0.39, 0.29) is 12.8 Å². The zero-order chi connectivity index (χ0) is 33.0. The van der Waals surface area contributed by atoms with Gasteiger partial charge in [-0.3, -0.25) is 18.5 Å². The first-order valence-electron chi connectivity index (χ1n) is 15.7. The minimum Gasteiger partial charge on any atom is -0.454 e. The Kier molecular flexibility index (Phi) is 8.14. The Labute approximate surface area is 282 Å². The summed E-state index contributed by atoms with van der Waals surface area (Å²) in [5.74, 6) is -1.35. The molecular formula is C38H34Cl2F2N2O3. The van der Waals surface area contributed by atoms with Crippen molar-refractivity contribution in [3.05, 3.63) is 135 Å². The van der Waals surface area contributed by atoms with Crippen molar-refractivity contribution in [3.8, 4) is 0 Å². The van der Waals surface area contributed by atoms with Crippen LogP contribution in [0.25, 0.3) is 0 Å². The molecule has 1 aliphatic carbocycles. The van der Waals surface area contributed by atoms with Crippen molar-refractivity contribution in [2.75, 3.05) is 25.7 Å². The highest BCUT2D eigenvalue weighted by Crippen LogP contribution is 2.73. The summed E-state index contributed by atoms with van der Waals surface area (Å²) in [5, 5.41) is 4.09. The number of fused-ring (bicyclic) bond motifs is 2. The number of hydrogen-bond donors (Lipinski definition) is 1. The first-order valence-corrected chi connectivity index (χ1v) is 16.4. The van der Waals surface area contributed by atoms with Gasteiger partial charge in [0.15, 0.2) is 0 Å². The summed E-state index contributed by atoms with van der Waals surface area (Å²) < 4.78 is 36.3. The summed E-state index contributed by atoms with van der Waals surface area (Å²) in [6.07, 6.45) is 0.141. The van der Waals surface area contributed by atoms with E-state index < -0.39 is 59.8 Å². The standard InChI is InChI=1S/C38H34Cl2F2N2O3/c1-43-30-18-28(40)15-16-29(30)38(23-45)31(26-13-8-14-27(39)17-26)33-35(46)47-34(25-11-6-3-7-12-25)32(24-9-4-2-5-10-24)44(33)37(38)19-36(20-37,21-41)22-42/h2-18,23,31-34,43H,19-22H2,1H3/t31-,32+,33+,34-,38-/m0/s1. The summed E-state index contributed by atoms with van der Waals surface area (Å²) in [5.41, 5.74) is -0.581. The molecule has 1 N–H and O–H groups in total. The number of halogens is 4. The molecule has 242 valence electrons. The van der Waals surface area contributed by atoms with E-state index in [0.29, 0.717) is 26.9 Å². The molecule has 3 aliphatic rings. The number of cyclic esters (lactones) is 1. The van der Waals surface area contributed by atoms with Crippen LogP contribution in [0.15, 0.2) is 103 Å². The van der Waals surface area contributed by atoms with Crippen LogP contribution in [0.1, 0.15) is 53.2 Å². The summed E-state index contributed by atoms with van der Waals surface area (Å²) in [4.78, 5) is 31.1. The van der Waals surface area contributed by atoms with Crippen molar-refractivity contribution in [2.45, 2.75) is 47.9 Å². The van der Waals surface area contributed by atoms with E-state index in [4.69, 9.17) is 27.9 Å². The van der Waals surface area contributed by atoms with Gasteiger partial charge in [-0.2, -0.15) is 0 Å². The van der Waals surface area contributed by atoms with Crippen molar-refractivity contribution in [3.63, 3.8) is 0 Å². The van der Waals surface area contributed by atoms with Gasteiger partial charge in [0.1, 0.15) is 18.4 Å². The number of nitrogens with zero attached hydrogens (tertiary/aromatic N) is 1. The fourth-order valence-electron chi connectivity index (χ4n) is 8.93. The molecule has 3 fully saturated rings. The first-order chi connectivity index (χ1) is 22.8. The minimum absolute atomic E-state index is 0.00318. The van der Waals surface area contributed by atoms with Crippen LogP contribution in [0.4, 0.5) is 14.5 Å². The lowest BCUT2D eigenvalue weighted by Crippen LogP contribution is -2.71. The molecule has 1 saturated carbocycles. The van der Waals surface area contributed by atoms with Crippen molar-refractivity contribution in [2.24, 2.45) is 5.41 Å². The molecule has 5 atom stereocenters. The maximum Gasteiger partial charge on any atom is 0.324 e. The number of hydrogen-bond acceptors (Lipinski definition) is 5. The molecule has 5 nitrogen and oxygen atoms in total. The highest BCUT2D eigenvalue weighted by atomic mass is 35.5. The monoisotopic (exact) mass is 674 g/mol. The molecule has 9 heteroatoms. The molecule has 2 aliphatic heterocycles. The van der Waals surface area contributed by atoms with Crippen molar-refractivity contribution < 1.29 is 23.1 Å². The van der Waals surface area contributed by atoms with Crippen LogP contribution in [-0.4, -0.2) is 49.1 Å². The molecule has 0 bridgehead atoms. The molecule has 47 heavy (non-hydrogen) atoms. The number of anilines is 1. The van der Waals surface area contributed by atoms with E-state index in [1.165, 1.54) is 0 Å². The Hall–Kier alpha value is -3.78. The lowest BCUT2D eigenvalue weighted by atomic mass is 9.45.